The number of halogens is 1. The molecule has 0 radical (unpaired) electrons. The molecule has 1 aromatic rings. The van der Waals surface area contributed by atoms with Gasteiger partial charge in [-0.1, -0.05) is 12.1 Å². The molecule has 2 atom stereocenters. The quantitative estimate of drug-likeness (QED) is 0.856. The Morgan fingerprint density at radius 1 is 1.44 bits per heavy atom. The predicted molar refractivity (Wildman–Crippen MR) is 66.6 cm³/mol. The van der Waals surface area contributed by atoms with Gasteiger partial charge < -0.3 is 15.8 Å². The number of benzene rings is 1. The Kier molecular flexibility index (Phi) is 4.28. The van der Waals surface area contributed by atoms with Crippen molar-refractivity contribution in [2.45, 2.75) is 31.4 Å². The third-order valence-corrected chi connectivity index (χ3v) is 3.08. The van der Waals surface area contributed by atoms with Crippen LogP contribution in [0.4, 0.5) is 10.1 Å². The molecule has 1 fully saturated rings. The molecular weight excluding hydrogens is 235 g/mol. The van der Waals surface area contributed by atoms with Crippen LogP contribution in [0.15, 0.2) is 24.3 Å². The van der Waals surface area contributed by atoms with E-state index in [0.29, 0.717) is 0 Å². The molecule has 2 rings (SSSR count). The Labute approximate surface area is 105 Å². The highest BCUT2D eigenvalue weighted by Gasteiger charge is 2.25. The van der Waals surface area contributed by atoms with E-state index in [-0.39, 0.29) is 30.3 Å². The molecule has 0 saturated heterocycles. The summed E-state index contributed by atoms with van der Waals surface area (Å²) < 4.78 is 18.7. The Morgan fingerprint density at radius 3 is 2.89 bits per heavy atom. The maximum Gasteiger partial charge on any atom is 0.250 e. The lowest BCUT2D eigenvalue weighted by Crippen LogP contribution is -2.33. The molecule has 0 aromatic heterocycles. The summed E-state index contributed by atoms with van der Waals surface area (Å²) in [6.07, 6.45) is 2.78. The summed E-state index contributed by atoms with van der Waals surface area (Å²) in [5, 5.41) is 2.47. The summed E-state index contributed by atoms with van der Waals surface area (Å²) in [6.45, 7) is -0.0906. The second-order valence-corrected chi connectivity index (χ2v) is 4.47. The Hall–Kier alpha value is -1.46. The largest absolute Gasteiger partial charge is 0.367 e. The van der Waals surface area contributed by atoms with E-state index in [1.54, 1.807) is 12.1 Å². The van der Waals surface area contributed by atoms with Gasteiger partial charge in [-0.2, -0.15) is 0 Å². The van der Waals surface area contributed by atoms with E-state index in [2.05, 4.69) is 5.32 Å². The van der Waals surface area contributed by atoms with Crippen LogP contribution in [0.1, 0.15) is 19.3 Å². The lowest BCUT2D eigenvalue weighted by atomic mass is 10.2. The molecule has 4 nitrogen and oxygen atoms in total. The number of hydrogen-bond donors (Lipinski definition) is 2. The molecule has 3 N–H and O–H groups in total. The second-order valence-electron chi connectivity index (χ2n) is 4.47. The average molecular weight is 252 g/mol. The zero-order valence-corrected chi connectivity index (χ0v) is 10.1. The van der Waals surface area contributed by atoms with Crippen molar-refractivity contribution in [3.8, 4) is 0 Å². The summed E-state index contributed by atoms with van der Waals surface area (Å²) in [6, 6.07) is 6.04. The van der Waals surface area contributed by atoms with Gasteiger partial charge in [-0.05, 0) is 31.4 Å². The van der Waals surface area contributed by atoms with Gasteiger partial charge in [0.25, 0.3) is 0 Å². The molecule has 1 aromatic carbocycles. The fraction of sp³-hybridized carbons (Fsp3) is 0.462. The molecular formula is C13H17FN2O2. The van der Waals surface area contributed by atoms with E-state index in [9.17, 15) is 9.18 Å². The molecule has 0 spiro atoms. The van der Waals surface area contributed by atoms with E-state index >= 15 is 0 Å². The molecule has 0 aliphatic heterocycles. The Balaban J connectivity index is 1.80. The van der Waals surface area contributed by atoms with E-state index in [0.717, 1.165) is 19.3 Å². The first-order chi connectivity index (χ1) is 8.66. The normalized spacial score (nSPS) is 23.0. The van der Waals surface area contributed by atoms with Crippen LogP contribution in [-0.2, 0) is 9.53 Å². The van der Waals surface area contributed by atoms with Crippen molar-refractivity contribution < 1.29 is 13.9 Å². The van der Waals surface area contributed by atoms with Crippen LogP contribution in [0.2, 0.25) is 0 Å². The van der Waals surface area contributed by atoms with Gasteiger partial charge in [0, 0.05) is 6.04 Å². The monoisotopic (exact) mass is 252 g/mol. The number of ether oxygens (including phenoxy) is 1. The van der Waals surface area contributed by atoms with E-state index in [1.807, 2.05) is 0 Å². The van der Waals surface area contributed by atoms with Crippen LogP contribution < -0.4 is 11.1 Å². The van der Waals surface area contributed by atoms with E-state index in [1.165, 1.54) is 12.1 Å². The highest BCUT2D eigenvalue weighted by Crippen LogP contribution is 2.20. The van der Waals surface area contributed by atoms with Gasteiger partial charge in [-0.3, -0.25) is 4.79 Å². The summed E-state index contributed by atoms with van der Waals surface area (Å²) in [4.78, 5) is 11.6. The van der Waals surface area contributed by atoms with Crippen molar-refractivity contribution in [2.24, 2.45) is 5.73 Å². The Bertz CT molecular complexity index is 425. The number of hydrogen-bond acceptors (Lipinski definition) is 3. The van der Waals surface area contributed by atoms with Crippen LogP contribution in [0.5, 0.6) is 0 Å². The minimum absolute atomic E-state index is 0.00580. The highest BCUT2D eigenvalue weighted by molar-refractivity contribution is 5.91. The molecule has 1 saturated carbocycles. The number of para-hydroxylation sites is 1. The summed E-state index contributed by atoms with van der Waals surface area (Å²) in [5.74, 6) is -0.817. The first-order valence-electron chi connectivity index (χ1n) is 6.08. The topological polar surface area (TPSA) is 64.3 Å². The number of amides is 1. The van der Waals surface area contributed by atoms with Gasteiger partial charge in [-0.15, -0.1) is 0 Å². The average Bonchev–Trinajstić information content (AvgIpc) is 2.75. The van der Waals surface area contributed by atoms with Crippen molar-refractivity contribution in [3.63, 3.8) is 0 Å². The molecule has 98 valence electrons. The molecule has 2 unspecified atom stereocenters. The van der Waals surface area contributed by atoms with Crippen molar-refractivity contribution in [1.29, 1.82) is 0 Å². The number of carbonyl (C=O) groups excluding carboxylic acids is 1. The van der Waals surface area contributed by atoms with Crippen LogP contribution in [0, 0.1) is 5.82 Å². The molecule has 18 heavy (non-hydrogen) atoms. The predicted octanol–water partition coefficient (Wildman–Crippen LogP) is 1.66. The van der Waals surface area contributed by atoms with Gasteiger partial charge in [0.2, 0.25) is 5.91 Å². The molecule has 1 aliphatic carbocycles. The molecule has 0 heterocycles. The fourth-order valence-electron chi connectivity index (χ4n) is 2.09. The first-order valence-corrected chi connectivity index (χ1v) is 6.08. The zero-order valence-electron chi connectivity index (χ0n) is 10.1. The zero-order chi connectivity index (χ0) is 13.0. The minimum Gasteiger partial charge on any atom is -0.367 e. The lowest BCUT2D eigenvalue weighted by molar-refractivity contribution is -0.122. The Morgan fingerprint density at radius 2 is 2.22 bits per heavy atom. The van der Waals surface area contributed by atoms with Crippen molar-refractivity contribution in [3.05, 3.63) is 30.1 Å². The van der Waals surface area contributed by atoms with Crippen LogP contribution in [0.3, 0.4) is 0 Å². The maximum absolute atomic E-state index is 13.3. The van der Waals surface area contributed by atoms with Gasteiger partial charge >= 0.3 is 0 Å². The third kappa shape index (κ3) is 3.27. The first kappa shape index (κ1) is 13.0. The summed E-state index contributed by atoms with van der Waals surface area (Å²) in [7, 11) is 0. The summed E-state index contributed by atoms with van der Waals surface area (Å²) >= 11 is 0. The molecule has 1 amide bonds. The fourth-order valence-corrected chi connectivity index (χ4v) is 2.09. The molecule has 1 aliphatic rings. The number of rotatable bonds is 4. The standard InChI is InChI=1S/C13H17FN2O2/c14-9-4-1-2-6-11(9)16-13(17)8-18-12-7-3-5-10(12)15/h1-2,4,6,10,12H,3,5,7-8,15H2,(H,16,17). The number of nitrogens with two attached hydrogens (primary N) is 1. The molecule has 0 bridgehead atoms. The van der Waals surface area contributed by atoms with Crippen LogP contribution in [0.25, 0.3) is 0 Å². The lowest BCUT2D eigenvalue weighted by Gasteiger charge is -2.16. The van der Waals surface area contributed by atoms with Gasteiger partial charge in [0.1, 0.15) is 12.4 Å². The van der Waals surface area contributed by atoms with E-state index < -0.39 is 5.82 Å². The van der Waals surface area contributed by atoms with Crippen molar-refractivity contribution in [2.75, 3.05) is 11.9 Å². The third-order valence-electron chi connectivity index (χ3n) is 3.08. The second kappa shape index (κ2) is 5.93. The van der Waals surface area contributed by atoms with Crippen molar-refractivity contribution in [1.82, 2.24) is 0 Å². The van der Waals surface area contributed by atoms with Gasteiger partial charge in [-0.25, -0.2) is 4.39 Å². The smallest absolute Gasteiger partial charge is 0.250 e. The number of anilines is 1. The SMILES string of the molecule is NC1CCCC1OCC(=O)Nc1ccccc1F. The highest BCUT2D eigenvalue weighted by atomic mass is 19.1. The van der Waals surface area contributed by atoms with E-state index in [4.69, 9.17) is 10.5 Å². The summed E-state index contributed by atoms with van der Waals surface area (Å²) in [5.41, 5.74) is 5.99. The number of carbonyl (C=O) groups is 1. The minimum atomic E-state index is -0.455. The molecule has 5 heteroatoms. The van der Waals surface area contributed by atoms with Crippen molar-refractivity contribution >= 4 is 11.6 Å². The van der Waals surface area contributed by atoms with Gasteiger partial charge in [0.15, 0.2) is 0 Å². The maximum atomic E-state index is 13.3. The number of nitrogens with one attached hydrogen (secondary N) is 1. The van der Waals surface area contributed by atoms with Gasteiger partial charge in [0.05, 0.1) is 11.8 Å². The van der Waals surface area contributed by atoms with Crippen LogP contribution >= 0.6 is 0 Å². The van der Waals surface area contributed by atoms with Crippen LogP contribution in [-0.4, -0.2) is 24.7 Å².